The van der Waals surface area contributed by atoms with Crippen LogP contribution in [0.4, 0.5) is 23.1 Å². The molecule has 3 aliphatic heterocycles. The Kier molecular flexibility index (Phi) is 6.98. The number of hydrogen-bond acceptors (Lipinski definition) is 6. The van der Waals surface area contributed by atoms with E-state index in [2.05, 4.69) is 70.6 Å². The molecule has 36 heavy (non-hydrogen) atoms. The van der Waals surface area contributed by atoms with Gasteiger partial charge in [0.1, 0.15) is 5.02 Å². The van der Waals surface area contributed by atoms with Gasteiger partial charge in [-0.3, -0.25) is 0 Å². The number of anilines is 4. The number of aryl methyl sites for hydroxylation is 1. The molecule has 2 N–H and O–H groups in total. The molecule has 0 radical (unpaired) electrons. The minimum atomic E-state index is 0.528. The van der Waals surface area contributed by atoms with Crippen LogP contribution in [-0.4, -0.2) is 36.6 Å². The number of rotatable bonds is 7. The van der Waals surface area contributed by atoms with Crippen LogP contribution in [-0.2, 0) is 6.42 Å². The van der Waals surface area contributed by atoms with Gasteiger partial charge in [0.15, 0.2) is 5.82 Å². The van der Waals surface area contributed by atoms with Crippen molar-refractivity contribution >= 4 is 40.8 Å². The van der Waals surface area contributed by atoms with Gasteiger partial charge in [-0.1, -0.05) is 38.6 Å². The Morgan fingerprint density at radius 2 is 2.06 bits per heavy atom. The lowest BCUT2D eigenvalue weighted by Crippen LogP contribution is -2.39. The minimum Gasteiger partial charge on any atom is -0.392 e. The molecule has 1 fully saturated rings. The summed E-state index contributed by atoms with van der Waals surface area (Å²) >= 11 is 6.56. The monoisotopic (exact) mass is 504 g/mol. The summed E-state index contributed by atoms with van der Waals surface area (Å²) in [7, 11) is 1.92. The summed E-state index contributed by atoms with van der Waals surface area (Å²) < 4.78 is 0. The van der Waals surface area contributed by atoms with E-state index in [1.54, 1.807) is 6.20 Å². The van der Waals surface area contributed by atoms with E-state index < -0.39 is 0 Å². The fourth-order valence-electron chi connectivity index (χ4n) is 5.48. The molecule has 0 saturated carbocycles. The fraction of sp³-hybridized carbons (Fsp3) is 0.448. The smallest absolute Gasteiger partial charge is 0.227 e. The van der Waals surface area contributed by atoms with Crippen molar-refractivity contribution in [3.8, 4) is 0 Å². The number of allylic oxidation sites excluding steroid dienone is 2. The molecule has 1 saturated heterocycles. The molecule has 2 aromatic rings. The molecule has 1 aromatic heterocycles. The molecule has 1 aromatic carbocycles. The fourth-order valence-corrected chi connectivity index (χ4v) is 5.62. The molecule has 0 aliphatic carbocycles. The van der Waals surface area contributed by atoms with Crippen molar-refractivity contribution in [3.63, 3.8) is 0 Å². The van der Waals surface area contributed by atoms with Gasteiger partial charge in [-0.25, -0.2) is 4.98 Å². The third kappa shape index (κ3) is 4.83. The summed E-state index contributed by atoms with van der Waals surface area (Å²) in [5.74, 6) is 2.74. The number of benzene rings is 1. The van der Waals surface area contributed by atoms with E-state index in [1.807, 2.05) is 7.05 Å². The first kappa shape index (κ1) is 24.7. The second-order valence-corrected chi connectivity index (χ2v) is 10.9. The second kappa shape index (κ2) is 10.2. The average Bonchev–Trinajstić information content (AvgIpc) is 2.87. The minimum absolute atomic E-state index is 0.528. The summed E-state index contributed by atoms with van der Waals surface area (Å²) in [6.07, 6.45) is 9.12. The molecule has 0 spiro atoms. The van der Waals surface area contributed by atoms with Gasteiger partial charge in [-0.2, -0.15) is 4.98 Å². The number of aromatic nitrogens is 2. The van der Waals surface area contributed by atoms with Crippen LogP contribution in [0.5, 0.6) is 0 Å². The molecule has 4 heterocycles. The Hall–Kier alpha value is -2.99. The van der Waals surface area contributed by atoms with Gasteiger partial charge in [-0.15, -0.1) is 0 Å². The predicted molar refractivity (Wildman–Crippen MR) is 152 cm³/mol. The Morgan fingerprint density at radius 1 is 1.22 bits per heavy atom. The Labute approximate surface area is 220 Å². The third-order valence-corrected chi connectivity index (χ3v) is 8.28. The number of hydrogen-bond donors (Lipinski definition) is 2. The zero-order valence-electron chi connectivity index (χ0n) is 21.7. The zero-order chi connectivity index (χ0) is 25.4. The van der Waals surface area contributed by atoms with E-state index in [1.165, 1.54) is 22.4 Å². The number of piperidine rings is 1. The highest BCUT2D eigenvalue weighted by molar-refractivity contribution is 6.32. The van der Waals surface area contributed by atoms with Gasteiger partial charge in [-0.05, 0) is 73.3 Å². The second-order valence-electron chi connectivity index (χ2n) is 10.5. The van der Waals surface area contributed by atoms with Gasteiger partial charge in [0.25, 0.3) is 0 Å². The maximum atomic E-state index is 6.56. The van der Waals surface area contributed by atoms with Crippen LogP contribution < -0.4 is 20.4 Å². The molecule has 0 amide bonds. The van der Waals surface area contributed by atoms with E-state index in [0.29, 0.717) is 16.8 Å². The average molecular weight is 505 g/mol. The van der Waals surface area contributed by atoms with Crippen LogP contribution in [0.15, 0.2) is 48.5 Å². The Bertz CT molecular complexity index is 1220. The number of halogens is 1. The number of nitrogens with zero attached hydrogens (tertiary/aromatic N) is 4. The molecule has 3 aliphatic rings. The first-order chi connectivity index (χ1) is 17.3. The maximum Gasteiger partial charge on any atom is 0.227 e. The van der Waals surface area contributed by atoms with E-state index in [9.17, 15) is 0 Å². The molecular formula is C29H37ClN6. The van der Waals surface area contributed by atoms with Gasteiger partial charge < -0.3 is 20.4 Å². The lowest BCUT2D eigenvalue weighted by atomic mass is 9.89. The topological polar surface area (TPSA) is 56.3 Å². The summed E-state index contributed by atoms with van der Waals surface area (Å²) in [6.45, 7) is 16.1. The van der Waals surface area contributed by atoms with Gasteiger partial charge in [0.05, 0.1) is 11.9 Å². The van der Waals surface area contributed by atoms with Crippen LogP contribution >= 0.6 is 11.6 Å². The van der Waals surface area contributed by atoms with E-state index in [0.717, 1.165) is 80.7 Å². The number of nitrogens with one attached hydrogen (secondary N) is 2. The lowest BCUT2D eigenvalue weighted by Gasteiger charge is -2.38. The Morgan fingerprint density at radius 3 is 2.83 bits per heavy atom. The van der Waals surface area contributed by atoms with Gasteiger partial charge in [0.2, 0.25) is 5.95 Å². The van der Waals surface area contributed by atoms with Crippen LogP contribution in [0.1, 0.15) is 50.7 Å². The molecule has 5 rings (SSSR count). The predicted octanol–water partition coefficient (Wildman–Crippen LogP) is 6.53. The van der Waals surface area contributed by atoms with Crippen molar-refractivity contribution in [2.75, 3.05) is 41.8 Å². The molecule has 2 atom stereocenters. The van der Waals surface area contributed by atoms with E-state index in [-0.39, 0.29) is 0 Å². The van der Waals surface area contributed by atoms with Crippen molar-refractivity contribution in [1.29, 1.82) is 0 Å². The van der Waals surface area contributed by atoms with Crippen molar-refractivity contribution in [2.24, 2.45) is 11.8 Å². The Balaban J connectivity index is 1.44. The largest absolute Gasteiger partial charge is 0.392 e. The van der Waals surface area contributed by atoms with Crippen LogP contribution in [0.25, 0.3) is 6.08 Å². The highest BCUT2D eigenvalue weighted by Crippen LogP contribution is 2.43. The SMILES string of the molecule is C=C(CCC1=Cc2cc(Nc3nc(N4CCC(C)C(C)C4)ncc3Cl)cc3c2N(CCC3)C1=C)NC. The third-order valence-electron chi connectivity index (χ3n) is 8.00. The molecule has 2 unspecified atom stereocenters. The van der Waals surface area contributed by atoms with Crippen LogP contribution in [0.2, 0.25) is 5.02 Å². The molecule has 6 nitrogen and oxygen atoms in total. The van der Waals surface area contributed by atoms with Gasteiger partial charge in [0, 0.05) is 49.3 Å². The molecule has 190 valence electrons. The van der Waals surface area contributed by atoms with E-state index in [4.69, 9.17) is 16.6 Å². The highest BCUT2D eigenvalue weighted by Gasteiger charge is 2.28. The van der Waals surface area contributed by atoms with Crippen LogP contribution in [0, 0.1) is 11.8 Å². The zero-order valence-corrected chi connectivity index (χ0v) is 22.5. The molecule has 7 heteroatoms. The first-order valence-corrected chi connectivity index (χ1v) is 13.5. The van der Waals surface area contributed by atoms with Crippen molar-refractivity contribution < 1.29 is 0 Å². The highest BCUT2D eigenvalue weighted by atomic mass is 35.5. The van der Waals surface area contributed by atoms with Crippen molar-refractivity contribution in [3.05, 3.63) is 64.6 Å². The molecular weight excluding hydrogens is 468 g/mol. The van der Waals surface area contributed by atoms with Crippen LogP contribution in [0.3, 0.4) is 0 Å². The first-order valence-electron chi connectivity index (χ1n) is 13.1. The maximum absolute atomic E-state index is 6.56. The molecule has 0 bridgehead atoms. The van der Waals surface area contributed by atoms with Crippen molar-refractivity contribution in [2.45, 2.75) is 46.0 Å². The van der Waals surface area contributed by atoms with E-state index >= 15 is 0 Å². The summed E-state index contributed by atoms with van der Waals surface area (Å²) in [4.78, 5) is 14.1. The lowest BCUT2D eigenvalue weighted by molar-refractivity contribution is 0.321. The quantitative estimate of drug-likeness (QED) is 0.447. The summed E-state index contributed by atoms with van der Waals surface area (Å²) in [5, 5.41) is 7.20. The van der Waals surface area contributed by atoms with Crippen molar-refractivity contribution in [1.82, 2.24) is 15.3 Å². The van der Waals surface area contributed by atoms with Gasteiger partial charge >= 0.3 is 0 Å². The normalized spacial score (nSPS) is 21.1. The summed E-state index contributed by atoms with van der Waals surface area (Å²) in [5.41, 5.74) is 8.26. The standard InChI is InChI=1S/C29H37ClN6/c1-18-10-12-35(17-19(18)2)29-32-16-26(30)28(34-29)33-25-14-23-7-6-11-36-21(4)22(9-8-20(3)31-5)13-24(15-25)27(23)36/h13-16,18-19,31H,3-4,6-12,17H2,1-2,5H3,(H,32,33,34). The summed E-state index contributed by atoms with van der Waals surface area (Å²) in [6, 6.07) is 4.45.